The molecule has 6 heteroatoms. The molecule has 0 radical (unpaired) electrons. The van der Waals surface area contributed by atoms with E-state index in [2.05, 4.69) is 29.8 Å². The molecule has 0 aliphatic heterocycles. The molecule has 0 fully saturated rings. The normalized spacial score (nSPS) is 11.5. The van der Waals surface area contributed by atoms with Gasteiger partial charge in [0, 0.05) is 12.6 Å². The molecule has 6 nitrogen and oxygen atoms in total. The summed E-state index contributed by atoms with van der Waals surface area (Å²) in [4.78, 5) is 25.2. The molecule has 3 aromatic rings. The molecule has 3 aromatic carbocycles. The lowest BCUT2D eigenvalue weighted by Gasteiger charge is -2.20. The summed E-state index contributed by atoms with van der Waals surface area (Å²) in [5.41, 5.74) is 9.73. The number of para-hydroxylation sites is 2. The molecule has 1 atom stereocenters. The van der Waals surface area contributed by atoms with Crippen LogP contribution in [-0.2, 0) is 16.1 Å². The van der Waals surface area contributed by atoms with Crippen LogP contribution in [0, 0.1) is 5.92 Å². The molecule has 5 N–H and O–H groups in total. The van der Waals surface area contributed by atoms with Gasteiger partial charge in [-0.1, -0.05) is 94.4 Å². The molecule has 0 spiro atoms. The van der Waals surface area contributed by atoms with Gasteiger partial charge in [0.25, 0.3) is 0 Å². The molecule has 0 aliphatic carbocycles. The van der Waals surface area contributed by atoms with Gasteiger partial charge in [0.15, 0.2) is 0 Å². The largest absolute Gasteiger partial charge is 0.397 e. The SMILES string of the molecule is CC.CC(C)CNC(C(=O)NCc1ccccc1)c1ccc(/C=C/C(=O)Nc2ccccc2N)cc1. The molecule has 36 heavy (non-hydrogen) atoms. The number of hydrogen-bond acceptors (Lipinski definition) is 4. The van der Waals surface area contributed by atoms with E-state index in [9.17, 15) is 9.59 Å². The Morgan fingerprint density at radius 2 is 1.53 bits per heavy atom. The highest BCUT2D eigenvalue weighted by Gasteiger charge is 2.20. The summed E-state index contributed by atoms with van der Waals surface area (Å²) in [5.74, 6) is 0.0650. The first kappa shape index (κ1) is 28.3. The van der Waals surface area contributed by atoms with Crippen molar-refractivity contribution in [2.45, 2.75) is 40.3 Å². The summed E-state index contributed by atoms with van der Waals surface area (Å²) in [6, 6.07) is 24.1. The van der Waals surface area contributed by atoms with Crippen LogP contribution in [0.2, 0.25) is 0 Å². The van der Waals surface area contributed by atoms with Gasteiger partial charge in [-0.3, -0.25) is 9.59 Å². The van der Waals surface area contributed by atoms with Gasteiger partial charge < -0.3 is 21.7 Å². The Kier molecular flexibility index (Phi) is 11.9. The van der Waals surface area contributed by atoms with Crippen molar-refractivity contribution >= 4 is 29.3 Å². The quantitative estimate of drug-likeness (QED) is 0.223. The summed E-state index contributed by atoms with van der Waals surface area (Å²) in [7, 11) is 0. The minimum Gasteiger partial charge on any atom is -0.397 e. The summed E-state index contributed by atoms with van der Waals surface area (Å²) in [6.07, 6.45) is 3.19. The van der Waals surface area contributed by atoms with Gasteiger partial charge in [-0.25, -0.2) is 0 Å². The Bertz CT molecular complexity index is 1110. The zero-order chi connectivity index (χ0) is 26.3. The van der Waals surface area contributed by atoms with E-state index < -0.39 is 6.04 Å². The number of hydrogen-bond donors (Lipinski definition) is 4. The van der Waals surface area contributed by atoms with Crippen molar-refractivity contribution in [3.05, 3.63) is 102 Å². The molecule has 0 heterocycles. The van der Waals surface area contributed by atoms with Crippen molar-refractivity contribution < 1.29 is 9.59 Å². The maximum Gasteiger partial charge on any atom is 0.248 e. The van der Waals surface area contributed by atoms with E-state index in [0.29, 0.717) is 30.4 Å². The smallest absolute Gasteiger partial charge is 0.248 e. The highest BCUT2D eigenvalue weighted by molar-refractivity contribution is 6.03. The summed E-state index contributed by atoms with van der Waals surface area (Å²) < 4.78 is 0. The van der Waals surface area contributed by atoms with Gasteiger partial charge >= 0.3 is 0 Å². The molecule has 0 aliphatic rings. The number of carbonyl (C=O) groups excluding carboxylic acids is 2. The zero-order valence-corrected chi connectivity index (χ0v) is 21.6. The van der Waals surface area contributed by atoms with Crippen molar-refractivity contribution in [1.82, 2.24) is 10.6 Å². The predicted octanol–water partition coefficient (Wildman–Crippen LogP) is 5.55. The van der Waals surface area contributed by atoms with Crippen molar-refractivity contribution in [2.75, 3.05) is 17.6 Å². The first-order chi connectivity index (χ1) is 17.4. The maximum atomic E-state index is 13.0. The number of benzene rings is 3. The van der Waals surface area contributed by atoms with Crippen molar-refractivity contribution in [3.63, 3.8) is 0 Å². The van der Waals surface area contributed by atoms with Gasteiger partial charge in [0.05, 0.1) is 11.4 Å². The minimum absolute atomic E-state index is 0.0763. The predicted molar refractivity (Wildman–Crippen MR) is 150 cm³/mol. The highest BCUT2D eigenvalue weighted by Crippen LogP contribution is 2.18. The average Bonchev–Trinajstić information content (AvgIpc) is 2.90. The molecule has 2 amide bonds. The monoisotopic (exact) mass is 486 g/mol. The van der Waals surface area contributed by atoms with Crippen molar-refractivity contribution in [3.8, 4) is 0 Å². The van der Waals surface area contributed by atoms with Crippen LogP contribution in [0.1, 0.15) is 50.4 Å². The van der Waals surface area contributed by atoms with Crippen molar-refractivity contribution in [2.24, 2.45) is 5.92 Å². The number of anilines is 2. The highest BCUT2D eigenvalue weighted by atomic mass is 16.2. The number of amides is 2. The Morgan fingerprint density at radius 3 is 2.17 bits per heavy atom. The average molecular weight is 487 g/mol. The van der Waals surface area contributed by atoms with E-state index >= 15 is 0 Å². The molecule has 3 rings (SSSR count). The Morgan fingerprint density at radius 1 is 0.889 bits per heavy atom. The molecule has 0 saturated heterocycles. The van der Waals surface area contributed by atoms with Gasteiger partial charge in [0.2, 0.25) is 11.8 Å². The van der Waals surface area contributed by atoms with Gasteiger partial charge in [-0.2, -0.15) is 0 Å². The fourth-order valence-electron chi connectivity index (χ4n) is 3.36. The molecular formula is C30H38N4O2. The third kappa shape index (κ3) is 9.39. The summed E-state index contributed by atoms with van der Waals surface area (Å²) >= 11 is 0. The molecular weight excluding hydrogens is 448 g/mol. The second kappa shape index (κ2) is 15.2. The van der Waals surface area contributed by atoms with Crippen LogP contribution >= 0.6 is 0 Å². The van der Waals surface area contributed by atoms with Crippen LogP contribution in [0.15, 0.2) is 84.9 Å². The second-order valence-electron chi connectivity index (χ2n) is 8.52. The van der Waals surface area contributed by atoms with E-state index in [4.69, 9.17) is 5.73 Å². The molecule has 1 unspecified atom stereocenters. The van der Waals surface area contributed by atoms with Crippen molar-refractivity contribution in [1.29, 1.82) is 0 Å². The van der Waals surface area contributed by atoms with E-state index in [-0.39, 0.29) is 11.8 Å². The van der Waals surface area contributed by atoms with Crippen LogP contribution in [0.4, 0.5) is 11.4 Å². The van der Waals surface area contributed by atoms with E-state index in [1.807, 2.05) is 80.6 Å². The van der Waals surface area contributed by atoms with E-state index in [1.165, 1.54) is 6.08 Å². The lowest BCUT2D eigenvalue weighted by atomic mass is 10.0. The number of nitrogens with two attached hydrogens (primary N) is 1. The van der Waals surface area contributed by atoms with Crippen LogP contribution in [0.5, 0.6) is 0 Å². The van der Waals surface area contributed by atoms with E-state index in [1.54, 1.807) is 18.2 Å². The van der Waals surface area contributed by atoms with Crippen LogP contribution in [-0.4, -0.2) is 18.4 Å². The second-order valence-corrected chi connectivity index (χ2v) is 8.52. The third-order valence-corrected chi connectivity index (χ3v) is 5.22. The molecule has 0 aromatic heterocycles. The minimum atomic E-state index is -0.464. The number of carbonyl (C=O) groups is 2. The lowest BCUT2D eigenvalue weighted by molar-refractivity contribution is -0.123. The summed E-state index contributed by atoms with van der Waals surface area (Å²) in [5, 5.41) is 9.16. The number of nitrogen functional groups attached to an aromatic ring is 1. The van der Waals surface area contributed by atoms with Gasteiger partial charge in [-0.15, -0.1) is 0 Å². The lowest BCUT2D eigenvalue weighted by Crippen LogP contribution is -2.38. The van der Waals surface area contributed by atoms with Crippen LogP contribution in [0.25, 0.3) is 6.08 Å². The molecule has 0 bridgehead atoms. The van der Waals surface area contributed by atoms with E-state index in [0.717, 1.165) is 16.7 Å². The van der Waals surface area contributed by atoms with Gasteiger partial charge in [-0.05, 0) is 47.4 Å². The first-order valence-corrected chi connectivity index (χ1v) is 12.4. The topological polar surface area (TPSA) is 96.2 Å². The van der Waals surface area contributed by atoms with Crippen LogP contribution in [0.3, 0.4) is 0 Å². The first-order valence-electron chi connectivity index (χ1n) is 12.4. The fourth-order valence-corrected chi connectivity index (χ4v) is 3.36. The van der Waals surface area contributed by atoms with Crippen LogP contribution < -0.4 is 21.7 Å². The Labute approximate surface area is 215 Å². The zero-order valence-electron chi connectivity index (χ0n) is 21.6. The van der Waals surface area contributed by atoms with Gasteiger partial charge in [0.1, 0.15) is 6.04 Å². The Balaban J connectivity index is 0.00000222. The molecule has 190 valence electrons. The Hall–Kier alpha value is -3.90. The third-order valence-electron chi connectivity index (χ3n) is 5.22. The number of rotatable bonds is 10. The maximum absolute atomic E-state index is 13.0. The summed E-state index contributed by atoms with van der Waals surface area (Å²) in [6.45, 7) is 9.40. The molecule has 0 saturated carbocycles. The number of nitrogens with one attached hydrogen (secondary N) is 3. The standard InChI is InChI=1S/C28H32N4O2.C2H6/c1-20(2)18-30-27(28(34)31-19-22-8-4-3-5-9-22)23-15-12-21(13-16-23)14-17-26(33)32-25-11-7-6-10-24(25)29;1-2/h3-17,20,27,30H,18-19,29H2,1-2H3,(H,31,34)(H,32,33);1-2H3/b17-14+;. The fraction of sp³-hybridized carbons (Fsp3) is 0.267.